The van der Waals surface area contributed by atoms with Crippen LogP contribution in [-0.4, -0.2) is 11.8 Å². The first-order valence-corrected chi connectivity index (χ1v) is 7.23. The maximum absolute atomic E-state index is 12.3. The lowest BCUT2D eigenvalue weighted by Crippen LogP contribution is -2.46. The number of rotatable bonds is 4. The second kappa shape index (κ2) is 5.78. The molecule has 0 N–H and O–H groups in total. The van der Waals surface area contributed by atoms with Crippen LogP contribution in [0.1, 0.15) is 51.0 Å². The maximum Gasteiger partial charge on any atom is 0.136 e. The van der Waals surface area contributed by atoms with Crippen molar-refractivity contribution in [2.75, 3.05) is 0 Å². The zero-order valence-corrected chi connectivity index (χ0v) is 12.1. The van der Waals surface area contributed by atoms with E-state index in [1.807, 2.05) is 30.3 Å². The van der Waals surface area contributed by atoms with Crippen LogP contribution >= 0.6 is 0 Å². The lowest BCUT2D eigenvalue weighted by atomic mass is 9.64. The maximum atomic E-state index is 12.3. The van der Waals surface area contributed by atoms with E-state index >= 15 is 0 Å². The van der Waals surface area contributed by atoms with Gasteiger partial charge in [-0.3, -0.25) is 4.79 Å². The third-order valence-corrected chi connectivity index (χ3v) is 4.47. The summed E-state index contributed by atoms with van der Waals surface area (Å²) in [5.41, 5.74) is -0.138. The Balaban J connectivity index is 2.44. The molecule has 20 heavy (non-hydrogen) atoms. The molecular weight excluding hydrogens is 252 g/mol. The molecule has 1 aliphatic carbocycles. The molecule has 0 aromatic heterocycles. The lowest BCUT2D eigenvalue weighted by molar-refractivity contribution is -0.319. The summed E-state index contributed by atoms with van der Waals surface area (Å²) < 4.78 is 0. The number of ketones is 1. The third kappa shape index (κ3) is 2.77. The highest BCUT2D eigenvalue weighted by atomic mass is 16.4. The molecule has 108 valence electrons. The Bertz CT molecular complexity index is 490. The molecule has 1 aromatic rings. The van der Waals surface area contributed by atoms with Gasteiger partial charge in [-0.15, -0.1) is 0 Å². The van der Waals surface area contributed by atoms with Crippen LogP contribution in [0.15, 0.2) is 30.3 Å². The molecule has 0 saturated heterocycles. The third-order valence-electron chi connectivity index (χ3n) is 4.47. The summed E-state index contributed by atoms with van der Waals surface area (Å²) in [7, 11) is 0. The van der Waals surface area contributed by atoms with Crippen molar-refractivity contribution in [1.29, 1.82) is 0 Å². The molecular formula is C17H21O3-. The Hall–Kier alpha value is -1.64. The fraction of sp³-hybridized carbons (Fsp3) is 0.529. The molecule has 0 heterocycles. The molecule has 1 aliphatic rings. The molecule has 0 aliphatic heterocycles. The highest BCUT2D eigenvalue weighted by molar-refractivity contribution is 5.84. The Morgan fingerprint density at radius 1 is 1.25 bits per heavy atom. The van der Waals surface area contributed by atoms with Crippen LogP contribution in [0.4, 0.5) is 0 Å². The molecule has 3 nitrogen and oxygen atoms in total. The summed E-state index contributed by atoms with van der Waals surface area (Å²) in [6, 6.07) is 9.51. The van der Waals surface area contributed by atoms with Crippen molar-refractivity contribution < 1.29 is 14.7 Å². The Morgan fingerprint density at radius 3 is 2.45 bits per heavy atom. The van der Waals surface area contributed by atoms with E-state index < -0.39 is 11.4 Å². The van der Waals surface area contributed by atoms with Gasteiger partial charge in [0.2, 0.25) is 0 Å². The van der Waals surface area contributed by atoms with Crippen molar-refractivity contribution in [2.24, 2.45) is 11.3 Å². The van der Waals surface area contributed by atoms with E-state index in [2.05, 4.69) is 0 Å². The van der Waals surface area contributed by atoms with Gasteiger partial charge in [-0.2, -0.15) is 0 Å². The Kier molecular flexibility index (Phi) is 4.26. The largest absolute Gasteiger partial charge is 0.550 e. The number of carboxylic acid groups (broad SMARTS) is 1. The van der Waals surface area contributed by atoms with E-state index in [1.165, 1.54) is 0 Å². The Labute approximate surface area is 120 Å². The average molecular weight is 273 g/mol. The van der Waals surface area contributed by atoms with Gasteiger partial charge in [0.25, 0.3) is 0 Å². The van der Waals surface area contributed by atoms with Crippen molar-refractivity contribution in [3.05, 3.63) is 35.9 Å². The number of hydrogen-bond acceptors (Lipinski definition) is 3. The van der Waals surface area contributed by atoms with Gasteiger partial charge in [0.15, 0.2) is 0 Å². The van der Waals surface area contributed by atoms with Gasteiger partial charge in [-0.25, -0.2) is 0 Å². The summed E-state index contributed by atoms with van der Waals surface area (Å²) >= 11 is 0. The second-order valence-electron chi connectivity index (χ2n) is 6.22. The highest BCUT2D eigenvalue weighted by Gasteiger charge is 2.41. The first-order valence-electron chi connectivity index (χ1n) is 7.23. The zero-order valence-electron chi connectivity index (χ0n) is 12.1. The van der Waals surface area contributed by atoms with Crippen LogP contribution in [0.25, 0.3) is 0 Å². The van der Waals surface area contributed by atoms with E-state index in [0.717, 1.165) is 24.8 Å². The minimum atomic E-state index is -1.09. The van der Waals surface area contributed by atoms with Gasteiger partial charge in [0, 0.05) is 29.6 Å². The summed E-state index contributed by atoms with van der Waals surface area (Å²) in [4.78, 5) is 23.8. The molecule has 3 heteroatoms. The number of hydrogen-bond donors (Lipinski definition) is 0. The number of aliphatic carboxylic acids is 1. The fourth-order valence-corrected chi connectivity index (χ4v) is 3.30. The molecule has 1 fully saturated rings. The molecule has 2 rings (SSSR count). The fourth-order valence-electron chi connectivity index (χ4n) is 3.30. The summed E-state index contributed by atoms with van der Waals surface area (Å²) in [5.74, 6) is -1.43. The number of benzene rings is 1. The van der Waals surface area contributed by atoms with Gasteiger partial charge >= 0.3 is 0 Å². The van der Waals surface area contributed by atoms with Crippen LogP contribution in [0.5, 0.6) is 0 Å². The second-order valence-corrected chi connectivity index (χ2v) is 6.22. The minimum Gasteiger partial charge on any atom is -0.550 e. The molecule has 1 saturated carbocycles. The van der Waals surface area contributed by atoms with Crippen LogP contribution in [0, 0.1) is 11.3 Å². The lowest BCUT2D eigenvalue weighted by Gasteiger charge is -2.41. The number of carbonyl (C=O) groups is 2. The normalized spacial score (nSPS) is 21.5. The van der Waals surface area contributed by atoms with Crippen molar-refractivity contribution in [1.82, 2.24) is 0 Å². The minimum absolute atomic E-state index is 0.194. The van der Waals surface area contributed by atoms with Gasteiger partial charge < -0.3 is 9.90 Å². The summed E-state index contributed by atoms with van der Waals surface area (Å²) in [5, 5.41) is 11.6. The first kappa shape index (κ1) is 14.8. The van der Waals surface area contributed by atoms with Crippen molar-refractivity contribution >= 4 is 11.8 Å². The van der Waals surface area contributed by atoms with E-state index in [0.29, 0.717) is 6.42 Å². The van der Waals surface area contributed by atoms with Crippen LogP contribution < -0.4 is 5.11 Å². The van der Waals surface area contributed by atoms with Gasteiger partial charge in [-0.1, -0.05) is 50.6 Å². The number of carboxylic acids is 1. The van der Waals surface area contributed by atoms with Crippen molar-refractivity contribution in [3.63, 3.8) is 0 Å². The molecule has 0 spiro atoms. The van der Waals surface area contributed by atoms with E-state index in [4.69, 9.17) is 0 Å². The van der Waals surface area contributed by atoms with E-state index in [-0.39, 0.29) is 17.6 Å². The standard InChI is InChI=1S/C17H22O3/c1-17(2,16(19)20)15(12-8-4-3-5-9-12)13-10-6-7-11-14(13)18/h3-5,8-9,13,15H,6-7,10-11H2,1-2H3,(H,19,20)/p-1/t13-,15-/m0/s1. The average Bonchev–Trinajstić information content (AvgIpc) is 2.42. The molecule has 0 unspecified atom stereocenters. The van der Waals surface area contributed by atoms with Gasteiger partial charge in [0.05, 0.1) is 0 Å². The summed E-state index contributed by atoms with van der Waals surface area (Å²) in [6.45, 7) is 3.34. The predicted octanol–water partition coefficient (Wildman–Crippen LogP) is 2.31. The van der Waals surface area contributed by atoms with E-state index in [1.54, 1.807) is 13.8 Å². The van der Waals surface area contributed by atoms with Crippen LogP contribution in [-0.2, 0) is 9.59 Å². The summed E-state index contributed by atoms with van der Waals surface area (Å²) in [6.07, 6.45) is 3.25. The molecule has 1 aromatic carbocycles. The first-order chi connectivity index (χ1) is 9.44. The topological polar surface area (TPSA) is 57.2 Å². The van der Waals surface area contributed by atoms with Crippen molar-refractivity contribution in [3.8, 4) is 0 Å². The predicted molar refractivity (Wildman–Crippen MR) is 74.9 cm³/mol. The Morgan fingerprint density at radius 2 is 1.90 bits per heavy atom. The van der Waals surface area contributed by atoms with Gasteiger partial charge in [0.1, 0.15) is 5.78 Å². The number of Topliss-reactive ketones (excluding diaryl/α,β-unsaturated/α-hetero) is 1. The van der Waals surface area contributed by atoms with Gasteiger partial charge in [-0.05, 0) is 18.4 Å². The molecule has 0 radical (unpaired) electrons. The smallest absolute Gasteiger partial charge is 0.136 e. The van der Waals surface area contributed by atoms with Crippen LogP contribution in [0.3, 0.4) is 0 Å². The van der Waals surface area contributed by atoms with Crippen LogP contribution in [0.2, 0.25) is 0 Å². The molecule has 0 amide bonds. The monoisotopic (exact) mass is 273 g/mol. The SMILES string of the molecule is CC(C)(C(=O)[O-])[C@@H](c1ccccc1)[C@H]1CCCCC1=O. The highest BCUT2D eigenvalue weighted by Crippen LogP contribution is 2.45. The molecule has 2 atom stereocenters. The number of carbonyl (C=O) groups excluding carboxylic acids is 2. The molecule has 0 bridgehead atoms. The zero-order chi connectivity index (χ0) is 14.8. The van der Waals surface area contributed by atoms with Crippen molar-refractivity contribution in [2.45, 2.75) is 45.4 Å². The quantitative estimate of drug-likeness (QED) is 0.845. The van der Waals surface area contributed by atoms with E-state index in [9.17, 15) is 14.7 Å².